The van der Waals surface area contributed by atoms with Crippen molar-refractivity contribution in [3.05, 3.63) is 72.5 Å². The fourth-order valence-corrected chi connectivity index (χ4v) is 5.43. The first-order valence-corrected chi connectivity index (χ1v) is 17.6. The minimum Gasteiger partial charge on any atom is -0.491 e. The van der Waals surface area contributed by atoms with Gasteiger partial charge in [0.1, 0.15) is 11.9 Å². The first kappa shape index (κ1) is 36.6. The molecule has 0 amide bonds. The third-order valence-electron chi connectivity index (χ3n) is 8.14. The molecule has 3 aromatic rings. The van der Waals surface area contributed by atoms with E-state index in [0.29, 0.717) is 31.3 Å². The van der Waals surface area contributed by atoms with Gasteiger partial charge in [0.2, 0.25) is 6.29 Å². The molecule has 248 valence electrons. The summed E-state index contributed by atoms with van der Waals surface area (Å²) in [5.74, 6) is 0.615. The molecule has 0 N–H and O–H groups in total. The molecule has 3 aromatic carbocycles. The molecule has 0 spiro atoms. The van der Waals surface area contributed by atoms with Crippen molar-refractivity contribution in [2.75, 3.05) is 19.8 Å². The van der Waals surface area contributed by atoms with Crippen molar-refractivity contribution in [3.63, 3.8) is 0 Å². The summed E-state index contributed by atoms with van der Waals surface area (Å²) >= 11 is 0. The lowest BCUT2D eigenvalue weighted by Gasteiger charge is -2.28. The van der Waals surface area contributed by atoms with Gasteiger partial charge in [-0.25, -0.2) is 4.39 Å². The van der Waals surface area contributed by atoms with Crippen LogP contribution in [-0.2, 0) is 9.47 Å². The SMILES string of the molecule is CCCCCCCCOc1ccc(-c2cc(OC(OCCCCC)[C@H](CC)OCCCCC)ccc2-c2ccccc2)cc1F. The molecule has 0 aliphatic rings. The number of ether oxygens (including phenoxy) is 4. The molecule has 0 heterocycles. The van der Waals surface area contributed by atoms with E-state index in [9.17, 15) is 0 Å². The quantitative estimate of drug-likeness (QED) is 0.0737. The number of hydrogen-bond donors (Lipinski definition) is 0. The van der Waals surface area contributed by atoms with Crippen LogP contribution in [0.4, 0.5) is 4.39 Å². The Morgan fingerprint density at radius 3 is 1.91 bits per heavy atom. The van der Waals surface area contributed by atoms with Crippen LogP contribution in [0.3, 0.4) is 0 Å². The largest absolute Gasteiger partial charge is 0.491 e. The first-order chi connectivity index (χ1) is 22.1. The lowest BCUT2D eigenvalue weighted by atomic mass is 9.94. The van der Waals surface area contributed by atoms with E-state index < -0.39 is 6.29 Å². The van der Waals surface area contributed by atoms with Crippen LogP contribution in [0, 0.1) is 5.82 Å². The fourth-order valence-electron chi connectivity index (χ4n) is 5.43. The summed E-state index contributed by atoms with van der Waals surface area (Å²) in [5, 5.41) is 0. The number of halogens is 1. The molecular formula is C40H57FO4. The monoisotopic (exact) mass is 620 g/mol. The van der Waals surface area contributed by atoms with Crippen LogP contribution in [0.5, 0.6) is 11.5 Å². The number of benzene rings is 3. The van der Waals surface area contributed by atoms with Gasteiger partial charge < -0.3 is 18.9 Å². The van der Waals surface area contributed by atoms with Crippen molar-refractivity contribution in [2.24, 2.45) is 0 Å². The molecule has 0 aliphatic carbocycles. The molecule has 0 saturated carbocycles. The van der Waals surface area contributed by atoms with Crippen molar-refractivity contribution >= 4 is 0 Å². The van der Waals surface area contributed by atoms with E-state index in [4.69, 9.17) is 18.9 Å². The summed E-state index contributed by atoms with van der Waals surface area (Å²) in [6, 6.07) is 21.5. The maximum Gasteiger partial charge on any atom is 0.226 e. The fraction of sp³-hybridized carbons (Fsp3) is 0.550. The second-order valence-corrected chi connectivity index (χ2v) is 11.9. The topological polar surface area (TPSA) is 36.9 Å². The van der Waals surface area contributed by atoms with E-state index >= 15 is 4.39 Å². The summed E-state index contributed by atoms with van der Waals surface area (Å²) in [6.45, 7) is 10.5. The van der Waals surface area contributed by atoms with Crippen molar-refractivity contribution in [2.45, 2.75) is 124 Å². The second kappa shape index (κ2) is 21.8. The minimum absolute atomic E-state index is 0.179. The van der Waals surface area contributed by atoms with Crippen LogP contribution in [0.25, 0.3) is 22.3 Å². The Labute approximate surface area is 272 Å². The Kier molecular flexibility index (Phi) is 17.7. The predicted molar refractivity (Wildman–Crippen MR) is 186 cm³/mol. The number of rotatable bonds is 24. The van der Waals surface area contributed by atoms with Crippen LogP contribution in [0.2, 0.25) is 0 Å². The highest BCUT2D eigenvalue weighted by atomic mass is 19.1. The third-order valence-corrected chi connectivity index (χ3v) is 8.14. The smallest absolute Gasteiger partial charge is 0.226 e. The Bertz CT molecular complexity index is 1200. The molecule has 0 radical (unpaired) electrons. The highest BCUT2D eigenvalue weighted by Crippen LogP contribution is 2.37. The average Bonchev–Trinajstić information content (AvgIpc) is 3.07. The van der Waals surface area contributed by atoms with Crippen LogP contribution in [0.1, 0.15) is 111 Å². The zero-order chi connectivity index (χ0) is 32.1. The normalized spacial score (nSPS) is 12.6. The van der Waals surface area contributed by atoms with E-state index in [1.807, 2.05) is 36.4 Å². The van der Waals surface area contributed by atoms with Crippen molar-refractivity contribution in [1.82, 2.24) is 0 Å². The summed E-state index contributed by atoms with van der Waals surface area (Å²) in [7, 11) is 0. The van der Waals surface area contributed by atoms with Gasteiger partial charge in [-0.1, -0.05) is 128 Å². The van der Waals surface area contributed by atoms with Gasteiger partial charge >= 0.3 is 0 Å². The summed E-state index contributed by atoms with van der Waals surface area (Å²) in [6.07, 6.45) is 13.6. The van der Waals surface area contributed by atoms with Crippen LogP contribution >= 0.6 is 0 Å². The maximum absolute atomic E-state index is 15.4. The van der Waals surface area contributed by atoms with E-state index in [2.05, 4.69) is 45.9 Å². The van der Waals surface area contributed by atoms with Gasteiger partial charge in [-0.2, -0.15) is 0 Å². The first-order valence-electron chi connectivity index (χ1n) is 17.6. The summed E-state index contributed by atoms with van der Waals surface area (Å²) in [5.41, 5.74) is 3.72. The van der Waals surface area contributed by atoms with Crippen LogP contribution in [0.15, 0.2) is 66.7 Å². The Hall–Kier alpha value is -2.89. The molecule has 5 heteroatoms. The van der Waals surface area contributed by atoms with Gasteiger partial charge in [0.25, 0.3) is 0 Å². The number of hydrogen-bond acceptors (Lipinski definition) is 4. The molecule has 0 bridgehead atoms. The van der Waals surface area contributed by atoms with Gasteiger partial charge in [-0.05, 0) is 72.2 Å². The standard InChI is InChI=1S/C40H57FO4/c1-5-9-12-13-14-20-28-43-39-26-23-33(30-37(39)41)36-31-34(24-25-35(36)32-21-16-15-17-22-32)45-40(44-29-19-11-7-3)38(8-4)42-27-18-10-6-2/h15-17,21-26,30-31,38,40H,5-14,18-20,27-29H2,1-4H3/t38-,40?/m0/s1. The molecule has 0 aromatic heterocycles. The molecule has 45 heavy (non-hydrogen) atoms. The highest BCUT2D eigenvalue weighted by Gasteiger charge is 2.24. The predicted octanol–water partition coefficient (Wildman–Crippen LogP) is 11.8. The lowest BCUT2D eigenvalue weighted by molar-refractivity contribution is -0.165. The van der Waals surface area contributed by atoms with Gasteiger partial charge in [-0.3, -0.25) is 0 Å². The van der Waals surface area contributed by atoms with Crippen molar-refractivity contribution in [3.8, 4) is 33.8 Å². The molecule has 1 unspecified atom stereocenters. The van der Waals surface area contributed by atoms with Crippen LogP contribution < -0.4 is 9.47 Å². The van der Waals surface area contributed by atoms with Gasteiger partial charge in [0.05, 0.1) is 13.2 Å². The summed E-state index contributed by atoms with van der Waals surface area (Å²) < 4.78 is 40.3. The molecule has 0 fully saturated rings. The summed E-state index contributed by atoms with van der Waals surface area (Å²) in [4.78, 5) is 0. The van der Waals surface area contributed by atoms with Crippen molar-refractivity contribution < 1.29 is 23.3 Å². The average molecular weight is 621 g/mol. The number of unbranched alkanes of at least 4 members (excludes halogenated alkanes) is 9. The lowest BCUT2D eigenvalue weighted by Crippen LogP contribution is -2.37. The Balaban J connectivity index is 1.83. The van der Waals surface area contributed by atoms with E-state index in [-0.39, 0.29) is 11.9 Å². The second-order valence-electron chi connectivity index (χ2n) is 11.9. The van der Waals surface area contributed by atoms with E-state index in [0.717, 1.165) is 80.0 Å². The Morgan fingerprint density at radius 1 is 0.578 bits per heavy atom. The van der Waals surface area contributed by atoms with Gasteiger partial charge in [0.15, 0.2) is 11.6 Å². The highest BCUT2D eigenvalue weighted by molar-refractivity contribution is 5.84. The molecular weight excluding hydrogens is 563 g/mol. The van der Waals surface area contributed by atoms with Gasteiger partial charge in [-0.15, -0.1) is 0 Å². The zero-order valence-electron chi connectivity index (χ0n) is 28.3. The third kappa shape index (κ3) is 12.8. The molecule has 2 atom stereocenters. The minimum atomic E-state index is -0.529. The molecule has 4 nitrogen and oxygen atoms in total. The Morgan fingerprint density at radius 2 is 1.22 bits per heavy atom. The maximum atomic E-state index is 15.4. The van der Waals surface area contributed by atoms with Crippen molar-refractivity contribution in [1.29, 1.82) is 0 Å². The van der Waals surface area contributed by atoms with E-state index in [1.54, 1.807) is 12.1 Å². The molecule has 0 aliphatic heterocycles. The zero-order valence-corrected chi connectivity index (χ0v) is 28.3. The molecule has 3 rings (SSSR count). The van der Waals surface area contributed by atoms with Gasteiger partial charge in [0, 0.05) is 6.61 Å². The van der Waals surface area contributed by atoms with Crippen LogP contribution in [-0.4, -0.2) is 32.2 Å². The molecule has 0 saturated heterocycles. The van der Waals surface area contributed by atoms with E-state index in [1.165, 1.54) is 25.7 Å².